The van der Waals surface area contributed by atoms with Crippen LogP contribution in [0.5, 0.6) is 0 Å². The lowest BCUT2D eigenvalue weighted by Gasteiger charge is -2.21. The highest BCUT2D eigenvalue weighted by atomic mass is 14.6. The third-order valence-electron chi connectivity index (χ3n) is 8.09. The first-order valence-electron chi connectivity index (χ1n) is 12.6. The predicted octanol–water partition coefficient (Wildman–Crippen LogP) is 9.34. The van der Waals surface area contributed by atoms with Crippen molar-refractivity contribution >= 4 is 21.5 Å². The fourth-order valence-electron chi connectivity index (χ4n) is 6.20. The van der Waals surface area contributed by atoms with Crippen LogP contribution in [0, 0.1) is 6.92 Å². The molecule has 36 heavy (non-hydrogen) atoms. The number of rotatable bonds is 2. The van der Waals surface area contributed by atoms with Crippen molar-refractivity contribution in [1.29, 1.82) is 0 Å². The van der Waals surface area contributed by atoms with E-state index in [1.807, 2.05) is 12.4 Å². The summed E-state index contributed by atoms with van der Waals surface area (Å²) in [5.74, 6) is 0. The molecule has 0 spiro atoms. The largest absolute Gasteiger partial charge is 0.264 e. The second kappa shape index (κ2) is 7.63. The molecule has 0 fully saturated rings. The first-order valence-corrected chi connectivity index (χ1v) is 12.6. The number of fused-ring (bicyclic) bond motifs is 6. The molecule has 0 aliphatic heterocycles. The van der Waals surface area contributed by atoms with Gasteiger partial charge in [-0.25, -0.2) is 0 Å². The van der Waals surface area contributed by atoms with Crippen LogP contribution in [0.25, 0.3) is 54.9 Å². The Hall–Kier alpha value is -4.23. The Bertz CT molecular complexity index is 1820. The monoisotopic (exact) mass is 461 g/mol. The average Bonchev–Trinajstić information content (AvgIpc) is 3.14. The third kappa shape index (κ3) is 2.99. The van der Waals surface area contributed by atoms with Gasteiger partial charge in [0, 0.05) is 17.8 Å². The highest BCUT2D eigenvalue weighted by Crippen LogP contribution is 2.49. The van der Waals surface area contributed by atoms with Gasteiger partial charge in [0.15, 0.2) is 0 Å². The fourth-order valence-corrected chi connectivity index (χ4v) is 6.20. The van der Waals surface area contributed by atoms with Crippen molar-refractivity contribution in [2.75, 3.05) is 0 Å². The molecule has 1 aromatic heterocycles. The zero-order chi connectivity index (χ0) is 24.4. The molecular formula is C35H27N. The summed E-state index contributed by atoms with van der Waals surface area (Å²) in [4.78, 5) is 4.41. The molecule has 0 unspecified atom stereocenters. The zero-order valence-electron chi connectivity index (χ0n) is 20.8. The number of hydrogen-bond donors (Lipinski definition) is 0. The molecule has 1 heterocycles. The SMILES string of the molecule is Cc1cc(-c2cc3ccccc3c3ccccc23)ccc1-c1ccc2c(c1)-c1ccncc1C2(C)C. The minimum Gasteiger partial charge on any atom is -0.264 e. The number of aryl methyl sites for hydroxylation is 1. The number of hydrogen-bond acceptors (Lipinski definition) is 1. The van der Waals surface area contributed by atoms with E-state index in [9.17, 15) is 0 Å². The van der Waals surface area contributed by atoms with Crippen LogP contribution in [-0.2, 0) is 5.41 Å². The lowest BCUT2D eigenvalue weighted by Crippen LogP contribution is -2.15. The Kier molecular flexibility index (Phi) is 4.47. The standard InChI is InChI=1S/C35H27N/c1-22-18-24(31-19-23-8-4-5-9-27(23)28-10-6-7-11-29(28)31)12-14-26(22)25-13-15-33-32(20-25)30-16-17-36-21-34(30)35(33,2)3/h4-21H,1-3H3. The Balaban J connectivity index is 1.37. The van der Waals surface area contributed by atoms with Crippen LogP contribution in [0.4, 0.5) is 0 Å². The quantitative estimate of drug-likeness (QED) is 0.234. The molecular weight excluding hydrogens is 434 g/mol. The second-order valence-electron chi connectivity index (χ2n) is 10.5. The maximum Gasteiger partial charge on any atom is 0.0314 e. The zero-order valence-corrected chi connectivity index (χ0v) is 20.8. The van der Waals surface area contributed by atoms with Crippen LogP contribution < -0.4 is 0 Å². The first kappa shape index (κ1) is 21.1. The Morgan fingerprint density at radius 1 is 0.556 bits per heavy atom. The first-order chi connectivity index (χ1) is 17.5. The van der Waals surface area contributed by atoms with Crippen LogP contribution in [0.2, 0.25) is 0 Å². The normalized spacial score (nSPS) is 13.6. The number of nitrogens with zero attached hydrogens (tertiary/aromatic N) is 1. The number of pyridine rings is 1. The van der Waals surface area contributed by atoms with E-state index in [2.05, 4.69) is 123 Å². The second-order valence-corrected chi connectivity index (χ2v) is 10.5. The number of benzene rings is 5. The maximum absolute atomic E-state index is 4.41. The third-order valence-corrected chi connectivity index (χ3v) is 8.09. The maximum atomic E-state index is 4.41. The Morgan fingerprint density at radius 3 is 2.11 bits per heavy atom. The molecule has 1 nitrogen and oxygen atoms in total. The van der Waals surface area contributed by atoms with Gasteiger partial charge in [0.1, 0.15) is 0 Å². The lowest BCUT2D eigenvalue weighted by molar-refractivity contribution is 0.657. The van der Waals surface area contributed by atoms with Crippen LogP contribution in [0.3, 0.4) is 0 Å². The highest BCUT2D eigenvalue weighted by molar-refractivity contribution is 6.13. The minimum atomic E-state index is -0.0203. The lowest BCUT2D eigenvalue weighted by atomic mass is 9.82. The molecule has 5 aromatic carbocycles. The predicted molar refractivity (Wildman–Crippen MR) is 152 cm³/mol. The van der Waals surface area contributed by atoms with Crippen LogP contribution >= 0.6 is 0 Å². The summed E-state index contributed by atoms with van der Waals surface area (Å²) >= 11 is 0. The molecule has 1 aliphatic rings. The molecule has 6 aromatic rings. The van der Waals surface area contributed by atoms with E-state index < -0.39 is 0 Å². The van der Waals surface area contributed by atoms with Gasteiger partial charge in [-0.05, 0) is 96.7 Å². The summed E-state index contributed by atoms with van der Waals surface area (Å²) in [7, 11) is 0. The van der Waals surface area contributed by atoms with E-state index >= 15 is 0 Å². The van der Waals surface area contributed by atoms with Gasteiger partial charge < -0.3 is 0 Å². The van der Waals surface area contributed by atoms with Crippen molar-refractivity contribution in [2.45, 2.75) is 26.2 Å². The van der Waals surface area contributed by atoms with Crippen LogP contribution in [0.15, 0.2) is 109 Å². The molecule has 0 atom stereocenters. The van der Waals surface area contributed by atoms with Gasteiger partial charge in [-0.15, -0.1) is 0 Å². The molecule has 0 N–H and O–H groups in total. The van der Waals surface area contributed by atoms with Crippen LogP contribution in [0.1, 0.15) is 30.5 Å². The van der Waals surface area contributed by atoms with Crippen LogP contribution in [-0.4, -0.2) is 4.98 Å². The summed E-state index contributed by atoms with van der Waals surface area (Å²) in [5.41, 5.74) is 11.7. The van der Waals surface area contributed by atoms with Crippen molar-refractivity contribution in [3.05, 3.63) is 126 Å². The van der Waals surface area contributed by atoms with Crippen molar-refractivity contribution < 1.29 is 0 Å². The molecule has 1 heteroatoms. The van der Waals surface area contributed by atoms with Gasteiger partial charge in [0.25, 0.3) is 0 Å². The van der Waals surface area contributed by atoms with Gasteiger partial charge in [-0.3, -0.25) is 4.98 Å². The van der Waals surface area contributed by atoms with E-state index in [1.165, 1.54) is 71.6 Å². The smallest absolute Gasteiger partial charge is 0.0314 e. The average molecular weight is 462 g/mol. The minimum absolute atomic E-state index is 0.0203. The van der Waals surface area contributed by atoms with E-state index in [0.717, 1.165) is 0 Å². The van der Waals surface area contributed by atoms with Crippen molar-refractivity contribution in [1.82, 2.24) is 4.98 Å². The molecule has 0 saturated heterocycles. The fraction of sp³-hybridized carbons (Fsp3) is 0.114. The van der Waals surface area contributed by atoms with E-state index in [4.69, 9.17) is 0 Å². The van der Waals surface area contributed by atoms with E-state index in [1.54, 1.807) is 0 Å². The molecule has 172 valence electrons. The topological polar surface area (TPSA) is 12.9 Å². The van der Waals surface area contributed by atoms with Gasteiger partial charge in [-0.2, -0.15) is 0 Å². The van der Waals surface area contributed by atoms with Gasteiger partial charge in [-0.1, -0.05) is 92.7 Å². The molecule has 0 radical (unpaired) electrons. The summed E-state index contributed by atoms with van der Waals surface area (Å²) in [6.07, 6.45) is 3.94. The summed E-state index contributed by atoms with van der Waals surface area (Å²) < 4.78 is 0. The molecule has 1 aliphatic carbocycles. The Morgan fingerprint density at radius 2 is 1.28 bits per heavy atom. The van der Waals surface area contributed by atoms with E-state index in [-0.39, 0.29) is 5.41 Å². The van der Waals surface area contributed by atoms with Gasteiger partial charge >= 0.3 is 0 Å². The highest BCUT2D eigenvalue weighted by Gasteiger charge is 2.35. The van der Waals surface area contributed by atoms with Gasteiger partial charge in [0.2, 0.25) is 0 Å². The number of aromatic nitrogens is 1. The molecule has 0 saturated carbocycles. The molecule has 0 bridgehead atoms. The summed E-state index contributed by atoms with van der Waals surface area (Å²) in [5, 5.41) is 5.19. The van der Waals surface area contributed by atoms with Crippen molar-refractivity contribution in [2.24, 2.45) is 0 Å². The summed E-state index contributed by atoms with van der Waals surface area (Å²) in [6, 6.07) is 35.8. The molecule has 0 amide bonds. The van der Waals surface area contributed by atoms with Crippen molar-refractivity contribution in [3.8, 4) is 33.4 Å². The van der Waals surface area contributed by atoms with E-state index in [0.29, 0.717) is 0 Å². The van der Waals surface area contributed by atoms with Gasteiger partial charge in [0.05, 0.1) is 0 Å². The van der Waals surface area contributed by atoms with Crippen molar-refractivity contribution in [3.63, 3.8) is 0 Å². The molecule has 7 rings (SSSR count). The Labute approximate surface area is 212 Å². The summed E-state index contributed by atoms with van der Waals surface area (Å²) in [6.45, 7) is 6.83.